The maximum atomic E-state index is 10.9. The Balaban J connectivity index is 0.00000341. The molecule has 0 spiro atoms. The van der Waals surface area contributed by atoms with E-state index < -0.39 is 5.91 Å². The van der Waals surface area contributed by atoms with Crippen molar-refractivity contribution in [2.75, 3.05) is 46.0 Å². The number of likely N-dealkylation sites (tertiary alicyclic amines) is 1. The molecule has 0 bridgehead atoms. The summed E-state index contributed by atoms with van der Waals surface area (Å²) in [7, 11) is 0. The Morgan fingerprint density at radius 2 is 2.13 bits per heavy atom. The van der Waals surface area contributed by atoms with Crippen LogP contribution in [0.15, 0.2) is 29.3 Å². The maximum Gasteiger partial charge on any atom is 0.255 e. The Bertz CT molecular complexity index is 704. The molecular formula is C22H36IN5O3. The second-order valence-corrected chi connectivity index (χ2v) is 8.05. The van der Waals surface area contributed by atoms with Gasteiger partial charge in [-0.1, -0.05) is 12.1 Å². The van der Waals surface area contributed by atoms with Gasteiger partial charge < -0.3 is 30.7 Å². The van der Waals surface area contributed by atoms with E-state index >= 15 is 0 Å². The van der Waals surface area contributed by atoms with Crippen molar-refractivity contribution in [2.24, 2.45) is 16.6 Å². The standard InChI is InChI=1S/C22H35N5O3.HI/c1-2-24-22(25-13-17-4-3-5-20(12-17)30-16-21(23)28)26-19-6-9-27(10-7-19)14-18-8-11-29-15-18;/h3-5,12,18-19H,2,6-11,13-16H2,1H3,(H2,23,28)(H2,24,25,26);1H. The molecule has 9 heteroatoms. The minimum absolute atomic E-state index is 0. The van der Waals surface area contributed by atoms with Crippen LogP contribution in [0.1, 0.15) is 31.7 Å². The van der Waals surface area contributed by atoms with Crippen molar-refractivity contribution < 1.29 is 14.3 Å². The molecule has 0 saturated carbocycles. The number of aliphatic imine (C=N–C) groups is 1. The van der Waals surface area contributed by atoms with Crippen LogP contribution in [-0.2, 0) is 16.1 Å². The summed E-state index contributed by atoms with van der Waals surface area (Å²) in [4.78, 5) is 18.2. The van der Waals surface area contributed by atoms with E-state index in [0.717, 1.165) is 63.8 Å². The van der Waals surface area contributed by atoms with Crippen LogP contribution in [0, 0.1) is 5.92 Å². The summed E-state index contributed by atoms with van der Waals surface area (Å²) >= 11 is 0. The van der Waals surface area contributed by atoms with Crippen LogP contribution < -0.4 is 21.1 Å². The molecule has 4 N–H and O–H groups in total. The SMILES string of the molecule is CCNC(=NCc1cccc(OCC(N)=O)c1)NC1CCN(CC2CCOC2)CC1.I. The number of benzene rings is 1. The Morgan fingerprint density at radius 3 is 2.81 bits per heavy atom. The minimum Gasteiger partial charge on any atom is -0.484 e. The van der Waals surface area contributed by atoms with Gasteiger partial charge in [0.15, 0.2) is 12.6 Å². The first-order chi connectivity index (χ1) is 14.6. The first-order valence-electron chi connectivity index (χ1n) is 11.0. The van der Waals surface area contributed by atoms with Gasteiger partial charge in [0, 0.05) is 38.8 Å². The number of ether oxygens (including phenoxy) is 2. The summed E-state index contributed by atoms with van der Waals surface area (Å²) in [5, 5.41) is 6.93. The number of carbonyl (C=O) groups is 1. The van der Waals surface area contributed by atoms with E-state index in [4.69, 9.17) is 20.2 Å². The Kier molecular flexibility index (Phi) is 11.4. The lowest BCUT2D eigenvalue weighted by Crippen LogP contribution is -2.49. The van der Waals surface area contributed by atoms with E-state index in [1.807, 2.05) is 24.3 Å². The molecule has 2 aliphatic rings. The van der Waals surface area contributed by atoms with Gasteiger partial charge in [0.2, 0.25) is 0 Å². The van der Waals surface area contributed by atoms with Gasteiger partial charge in [-0.05, 0) is 49.8 Å². The monoisotopic (exact) mass is 545 g/mol. The summed E-state index contributed by atoms with van der Waals surface area (Å²) in [6, 6.07) is 8.03. The lowest BCUT2D eigenvalue weighted by Gasteiger charge is -2.34. The van der Waals surface area contributed by atoms with E-state index in [0.29, 0.717) is 24.3 Å². The molecule has 2 fully saturated rings. The number of carbonyl (C=O) groups excluding carboxylic acids is 1. The number of hydrogen-bond donors (Lipinski definition) is 3. The Hall–Kier alpha value is -1.59. The third kappa shape index (κ3) is 9.20. The van der Waals surface area contributed by atoms with Gasteiger partial charge in [0.05, 0.1) is 13.2 Å². The topological polar surface area (TPSA) is 101 Å². The van der Waals surface area contributed by atoms with Gasteiger partial charge in [0.1, 0.15) is 5.75 Å². The summed E-state index contributed by atoms with van der Waals surface area (Å²) in [5.41, 5.74) is 6.15. The number of nitrogens with zero attached hydrogens (tertiary/aromatic N) is 2. The largest absolute Gasteiger partial charge is 0.484 e. The average molecular weight is 545 g/mol. The fourth-order valence-corrected chi connectivity index (χ4v) is 3.92. The van der Waals surface area contributed by atoms with Gasteiger partial charge in [-0.2, -0.15) is 0 Å². The quantitative estimate of drug-likeness (QED) is 0.248. The predicted octanol–water partition coefficient (Wildman–Crippen LogP) is 1.72. The fraction of sp³-hybridized carbons (Fsp3) is 0.636. The Labute approximate surface area is 202 Å². The van der Waals surface area contributed by atoms with Crippen LogP contribution in [0.3, 0.4) is 0 Å². The molecule has 1 aromatic rings. The highest BCUT2D eigenvalue weighted by molar-refractivity contribution is 14.0. The number of rotatable bonds is 9. The first kappa shape index (κ1) is 25.7. The van der Waals surface area contributed by atoms with Crippen LogP contribution in [0.5, 0.6) is 5.75 Å². The number of piperidine rings is 1. The molecule has 0 aliphatic carbocycles. The molecule has 1 amide bonds. The van der Waals surface area contributed by atoms with E-state index in [9.17, 15) is 4.79 Å². The van der Waals surface area contributed by atoms with E-state index in [1.54, 1.807) is 0 Å². The second kappa shape index (κ2) is 13.7. The molecule has 2 heterocycles. The predicted molar refractivity (Wildman–Crippen MR) is 133 cm³/mol. The summed E-state index contributed by atoms with van der Waals surface area (Å²) in [6.45, 7) is 8.53. The third-order valence-electron chi connectivity index (χ3n) is 5.51. The minimum atomic E-state index is -0.486. The lowest BCUT2D eigenvalue weighted by molar-refractivity contribution is -0.119. The maximum absolute atomic E-state index is 10.9. The molecule has 1 atom stereocenters. The van der Waals surface area contributed by atoms with Gasteiger partial charge in [-0.25, -0.2) is 4.99 Å². The summed E-state index contributed by atoms with van der Waals surface area (Å²) in [5.74, 6) is 1.68. The number of hydrogen-bond acceptors (Lipinski definition) is 5. The highest BCUT2D eigenvalue weighted by atomic mass is 127. The Morgan fingerprint density at radius 1 is 1.32 bits per heavy atom. The molecule has 3 rings (SSSR count). The highest BCUT2D eigenvalue weighted by Gasteiger charge is 2.24. The molecule has 2 aliphatic heterocycles. The lowest BCUT2D eigenvalue weighted by atomic mass is 10.0. The van der Waals surface area contributed by atoms with Crippen molar-refractivity contribution in [1.29, 1.82) is 0 Å². The summed E-state index contributed by atoms with van der Waals surface area (Å²) in [6.07, 6.45) is 3.44. The fourth-order valence-electron chi connectivity index (χ4n) is 3.92. The van der Waals surface area contributed by atoms with Gasteiger partial charge in [0.25, 0.3) is 5.91 Å². The highest BCUT2D eigenvalue weighted by Crippen LogP contribution is 2.18. The van der Waals surface area contributed by atoms with Crippen LogP contribution in [0.4, 0.5) is 0 Å². The zero-order chi connectivity index (χ0) is 21.2. The van der Waals surface area contributed by atoms with Crippen molar-refractivity contribution >= 4 is 35.8 Å². The van der Waals surface area contributed by atoms with E-state index in [-0.39, 0.29) is 30.6 Å². The van der Waals surface area contributed by atoms with E-state index in [1.165, 1.54) is 6.42 Å². The normalized spacial score (nSPS) is 20.2. The van der Waals surface area contributed by atoms with Gasteiger partial charge >= 0.3 is 0 Å². The zero-order valence-corrected chi connectivity index (χ0v) is 20.7. The van der Waals surface area contributed by atoms with Gasteiger partial charge in [-0.3, -0.25) is 4.79 Å². The zero-order valence-electron chi connectivity index (χ0n) is 18.3. The smallest absolute Gasteiger partial charge is 0.255 e. The van der Waals surface area contributed by atoms with Crippen molar-refractivity contribution in [2.45, 2.75) is 38.8 Å². The number of halogens is 1. The number of amides is 1. The number of guanidine groups is 1. The molecule has 174 valence electrons. The number of primary amides is 1. The van der Waals surface area contributed by atoms with Crippen molar-refractivity contribution in [1.82, 2.24) is 15.5 Å². The number of nitrogens with two attached hydrogens (primary N) is 1. The van der Waals surface area contributed by atoms with Crippen LogP contribution in [0.25, 0.3) is 0 Å². The summed E-state index contributed by atoms with van der Waals surface area (Å²) < 4.78 is 10.9. The molecule has 0 aromatic heterocycles. The molecule has 2 saturated heterocycles. The first-order valence-corrected chi connectivity index (χ1v) is 11.0. The average Bonchev–Trinajstić information content (AvgIpc) is 3.25. The molecule has 31 heavy (non-hydrogen) atoms. The van der Waals surface area contributed by atoms with Crippen molar-refractivity contribution in [3.63, 3.8) is 0 Å². The molecule has 1 aromatic carbocycles. The van der Waals surface area contributed by atoms with Crippen LogP contribution in [0.2, 0.25) is 0 Å². The third-order valence-corrected chi connectivity index (χ3v) is 5.51. The molecule has 8 nitrogen and oxygen atoms in total. The number of nitrogens with one attached hydrogen (secondary N) is 2. The van der Waals surface area contributed by atoms with Crippen LogP contribution >= 0.6 is 24.0 Å². The molecule has 0 radical (unpaired) electrons. The second-order valence-electron chi connectivity index (χ2n) is 8.05. The van der Waals surface area contributed by atoms with Gasteiger partial charge in [-0.15, -0.1) is 24.0 Å². The van der Waals surface area contributed by atoms with Crippen molar-refractivity contribution in [3.8, 4) is 5.75 Å². The van der Waals surface area contributed by atoms with Crippen molar-refractivity contribution in [3.05, 3.63) is 29.8 Å². The molecule has 1 unspecified atom stereocenters. The van der Waals surface area contributed by atoms with Crippen LogP contribution in [-0.4, -0.2) is 68.8 Å². The molecular weight excluding hydrogens is 509 g/mol. The van der Waals surface area contributed by atoms with E-state index in [2.05, 4.69) is 22.5 Å².